The van der Waals surface area contributed by atoms with Crippen LogP contribution in [-0.4, -0.2) is 39.2 Å². The predicted molar refractivity (Wildman–Crippen MR) is 90.4 cm³/mol. The quantitative estimate of drug-likeness (QED) is 0.610. The molecule has 1 aromatic rings. The van der Waals surface area contributed by atoms with Crippen LogP contribution in [0.2, 0.25) is 0 Å². The summed E-state index contributed by atoms with van der Waals surface area (Å²) in [4.78, 5) is 20.2. The highest BCUT2D eigenvalue weighted by Gasteiger charge is 2.22. The molecule has 2 rings (SSSR count). The molecule has 1 aliphatic carbocycles. The van der Waals surface area contributed by atoms with Crippen LogP contribution in [0.25, 0.3) is 0 Å². The lowest BCUT2D eigenvalue weighted by Crippen LogP contribution is -2.31. The summed E-state index contributed by atoms with van der Waals surface area (Å²) in [6, 6.07) is 0.381. The van der Waals surface area contributed by atoms with Crippen LogP contribution in [0.3, 0.4) is 0 Å². The van der Waals surface area contributed by atoms with E-state index in [2.05, 4.69) is 34.4 Å². The summed E-state index contributed by atoms with van der Waals surface area (Å²) in [7, 11) is 0. The first-order valence-corrected chi connectivity index (χ1v) is 8.41. The Kier molecular flexibility index (Phi) is 6.15. The van der Waals surface area contributed by atoms with Gasteiger partial charge in [-0.1, -0.05) is 13.8 Å². The van der Waals surface area contributed by atoms with Crippen LogP contribution in [0.1, 0.15) is 62.7 Å². The molecule has 23 heavy (non-hydrogen) atoms. The molecule has 0 saturated heterocycles. The van der Waals surface area contributed by atoms with E-state index in [9.17, 15) is 9.90 Å². The molecule has 0 radical (unpaired) electrons. The number of carbonyl (C=O) groups excluding carboxylic acids is 1. The summed E-state index contributed by atoms with van der Waals surface area (Å²) in [6.07, 6.45) is 6.46. The Morgan fingerprint density at radius 2 is 2.17 bits per heavy atom. The zero-order valence-electron chi connectivity index (χ0n) is 13.9. The molecule has 1 aliphatic rings. The van der Waals surface area contributed by atoms with Crippen molar-refractivity contribution in [2.45, 2.75) is 70.6 Å². The highest BCUT2D eigenvalue weighted by molar-refractivity contribution is 5.97. The molecule has 1 heterocycles. The van der Waals surface area contributed by atoms with Crippen molar-refractivity contribution in [3.63, 3.8) is 0 Å². The molecule has 0 bridgehead atoms. The second-order valence-electron chi connectivity index (χ2n) is 6.14. The van der Waals surface area contributed by atoms with Gasteiger partial charge in [0.2, 0.25) is 5.95 Å². The van der Waals surface area contributed by atoms with Crippen molar-refractivity contribution in [1.82, 2.24) is 9.97 Å². The molecule has 0 spiro atoms. The fraction of sp³-hybridized carbons (Fsp3) is 0.688. The van der Waals surface area contributed by atoms with Gasteiger partial charge in [-0.3, -0.25) is 4.79 Å². The van der Waals surface area contributed by atoms with Gasteiger partial charge in [0.05, 0.1) is 11.7 Å². The van der Waals surface area contributed by atoms with Gasteiger partial charge in [0, 0.05) is 18.3 Å². The van der Waals surface area contributed by atoms with Crippen molar-refractivity contribution in [1.29, 1.82) is 0 Å². The molecule has 1 saturated carbocycles. The number of amides is 1. The molecule has 0 aromatic carbocycles. The van der Waals surface area contributed by atoms with Crippen LogP contribution in [0.5, 0.6) is 0 Å². The van der Waals surface area contributed by atoms with E-state index < -0.39 is 5.91 Å². The van der Waals surface area contributed by atoms with E-state index in [1.165, 1.54) is 6.20 Å². The summed E-state index contributed by atoms with van der Waals surface area (Å²) in [5, 5.41) is 16.3. The van der Waals surface area contributed by atoms with Crippen LogP contribution in [0.15, 0.2) is 6.20 Å². The Bertz CT molecular complexity index is 533. The molecule has 5 N–H and O–H groups in total. The number of primary amides is 1. The zero-order chi connectivity index (χ0) is 16.8. The number of aliphatic hydroxyl groups is 1. The minimum Gasteiger partial charge on any atom is -0.393 e. The number of aromatic nitrogens is 2. The van der Waals surface area contributed by atoms with Gasteiger partial charge in [-0.05, 0) is 38.5 Å². The predicted octanol–water partition coefficient (Wildman–Crippen LogP) is 1.89. The number of aliphatic hydroxyl groups excluding tert-OH is 1. The Morgan fingerprint density at radius 3 is 2.78 bits per heavy atom. The van der Waals surface area contributed by atoms with Gasteiger partial charge in [-0.2, -0.15) is 4.98 Å². The van der Waals surface area contributed by atoms with Gasteiger partial charge >= 0.3 is 0 Å². The molecule has 1 aromatic heterocycles. The Morgan fingerprint density at radius 1 is 1.43 bits per heavy atom. The molecule has 0 aliphatic heterocycles. The van der Waals surface area contributed by atoms with E-state index >= 15 is 0 Å². The lowest BCUT2D eigenvalue weighted by atomic mass is 9.93. The van der Waals surface area contributed by atoms with Crippen LogP contribution in [-0.2, 0) is 0 Å². The van der Waals surface area contributed by atoms with E-state index in [4.69, 9.17) is 5.73 Å². The van der Waals surface area contributed by atoms with Crippen LogP contribution in [0.4, 0.5) is 11.8 Å². The second-order valence-corrected chi connectivity index (χ2v) is 6.14. The van der Waals surface area contributed by atoms with E-state index in [0.29, 0.717) is 24.2 Å². The van der Waals surface area contributed by atoms with Gasteiger partial charge in [0.1, 0.15) is 5.82 Å². The second kappa shape index (κ2) is 8.10. The normalized spacial score (nSPS) is 21.2. The molecule has 2 atom stereocenters. The summed E-state index contributed by atoms with van der Waals surface area (Å²) >= 11 is 0. The minimum atomic E-state index is -0.557. The molecule has 128 valence electrons. The van der Waals surface area contributed by atoms with Crippen LogP contribution in [0, 0.1) is 0 Å². The molecule has 0 unspecified atom stereocenters. The third-order valence-corrected chi connectivity index (χ3v) is 4.36. The van der Waals surface area contributed by atoms with Crippen LogP contribution < -0.4 is 16.4 Å². The molecular formula is C16H27N5O2. The van der Waals surface area contributed by atoms with Crippen LogP contribution >= 0.6 is 0 Å². The zero-order valence-corrected chi connectivity index (χ0v) is 13.9. The largest absolute Gasteiger partial charge is 0.393 e. The maximum absolute atomic E-state index is 11.6. The number of hydrogen-bond donors (Lipinski definition) is 4. The summed E-state index contributed by atoms with van der Waals surface area (Å²) in [5.74, 6) is 0.376. The van der Waals surface area contributed by atoms with E-state index in [0.717, 1.165) is 32.1 Å². The third kappa shape index (κ3) is 4.79. The Hall–Kier alpha value is -1.89. The number of nitrogens with zero attached hydrogens (tertiary/aromatic N) is 2. The van der Waals surface area contributed by atoms with Crippen molar-refractivity contribution in [2.75, 3.05) is 10.6 Å². The smallest absolute Gasteiger partial charge is 0.254 e. The molecular weight excluding hydrogens is 294 g/mol. The van der Waals surface area contributed by atoms with Crippen molar-refractivity contribution in [3.05, 3.63) is 11.8 Å². The van der Waals surface area contributed by atoms with E-state index in [-0.39, 0.29) is 17.7 Å². The van der Waals surface area contributed by atoms with Gasteiger partial charge in [-0.15, -0.1) is 0 Å². The van der Waals surface area contributed by atoms with Crippen molar-refractivity contribution in [3.8, 4) is 0 Å². The monoisotopic (exact) mass is 321 g/mol. The van der Waals surface area contributed by atoms with E-state index in [1.54, 1.807) is 0 Å². The lowest BCUT2D eigenvalue weighted by molar-refractivity contribution is 0.100. The van der Waals surface area contributed by atoms with Gasteiger partial charge in [-0.25, -0.2) is 4.98 Å². The van der Waals surface area contributed by atoms with Crippen molar-refractivity contribution < 1.29 is 9.90 Å². The Labute approximate surface area is 137 Å². The topological polar surface area (TPSA) is 113 Å². The molecule has 7 heteroatoms. The lowest BCUT2D eigenvalue weighted by Gasteiger charge is -2.27. The number of nitrogens with one attached hydrogen (secondary N) is 2. The highest BCUT2D eigenvalue weighted by Crippen LogP contribution is 2.23. The number of rotatable bonds is 7. The summed E-state index contributed by atoms with van der Waals surface area (Å²) < 4.78 is 0. The standard InChI is InChI=1S/C16H27N5O2/c1-3-10(4-2)20-16-18-9-13(14(17)23)15(21-16)19-11-6-5-7-12(22)8-11/h9-12,22H,3-8H2,1-2H3,(H2,17,23)(H2,18,19,20,21)/t11-,12+/m1/s1. The first-order valence-electron chi connectivity index (χ1n) is 8.41. The summed E-state index contributed by atoms with van der Waals surface area (Å²) in [5.41, 5.74) is 5.70. The van der Waals surface area contributed by atoms with E-state index in [1.807, 2.05) is 0 Å². The molecule has 7 nitrogen and oxygen atoms in total. The first-order chi connectivity index (χ1) is 11.0. The maximum Gasteiger partial charge on any atom is 0.254 e. The number of carbonyl (C=O) groups is 1. The number of nitrogens with two attached hydrogens (primary N) is 1. The van der Waals surface area contributed by atoms with Crippen molar-refractivity contribution in [2.24, 2.45) is 5.73 Å². The molecule has 1 amide bonds. The summed E-state index contributed by atoms with van der Waals surface area (Å²) in [6.45, 7) is 4.20. The van der Waals surface area contributed by atoms with Crippen molar-refractivity contribution >= 4 is 17.7 Å². The average molecular weight is 321 g/mol. The average Bonchev–Trinajstić information content (AvgIpc) is 2.52. The molecule has 1 fully saturated rings. The first kappa shape index (κ1) is 17.5. The fourth-order valence-electron chi connectivity index (χ4n) is 2.91. The third-order valence-electron chi connectivity index (χ3n) is 4.36. The number of anilines is 2. The minimum absolute atomic E-state index is 0.0905. The maximum atomic E-state index is 11.6. The Balaban J connectivity index is 2.18. The number of hydrogen-bond acceptors (Lipinski definition) is 6. The fourth-order valence-corrected chi connectivity index (χ4v) is 2.91. The highest BCUT2D eigenvalue weighted by atomic mass is 16.3. The van der Waals surface area contributed by atoms with Gasteiger partial charge < -0.3 is 21.5 Å². The SMILES string of the molecule is CCC(CC)Nc1ncc(C(N)=O)c(N[C@@H]2CCC[C@H](O)C2)n1. The van der Waals surface area contributed by atoms with Gasteiger partial charge in [0.15, 0.2) is 0 Å². The van der Waals surface area contributed by atoms with Gasteiger partial charge in [0.25, 0.3) is 5.91 Å².